The molecule has 0 spiro atoms. The fraction of sp³-hybridized carbons (Fsp3) is 0.517. The zero-order valence-corrected chi connectivity index (χ0v) is 24.2. The Kier molecular flexibility index (Phi) is 10.2. The summed E-state index contributed by atoms with van der Waals surface area (Å²) in [6.45, 7) is 6.75. The van der Waals surface area contributed by atoms with Gasteiger partial charge in [-0.05, 0) is 57.7 Å². The Bertz CT molecular complexity index is 1190. The summed E-state index contributed by atoms with van der Waals surface area (Å²) in [5, 5.41) is 2.65. The number of nitrogens with zero attached hydrogens (tertiary/aromatic N) is 5. The van der Waals surface area contributed by atoms with Crippen molar-refractivity contribution in [1.82, 2.24) is 20.2 Å². The minimum atomic E-state index is -0.579. The number of carbonyl (C=O) groups excluding carboxylic acids is 4. The van der Waals surface area contributed by atoms with Gasteiger partial charge in [-0.2, -0.15) is 0 Å². The number of hydrogen-bond acceptors (Lipinski definition) is 8. The maximum Gasteiger partial charge on any atom is 0.410 e. The van der Waals surface area contributed by atoms with E-state index in [2.05, 4.69) is 15.3 Å². The summed E-state index contributed by atoms with van der Waals surface area (Å²) in [6.07, 6.45) is 6.83. The van der Waals surface area contributed by atoms with E-state index in [1.54, 1.807) is 43.3 Å². The lowest BCUT2D eigenvalue weighted by Gasteiger charge is -2.33. The van der Waals surface area contributed by atoms with Gasteiger partial charge in [-0.25, -0.2) is 14.8 Å². The minimum absolute atomic E-state index is 0.147. The second-order valence-corrected chi connectivity index (χ2v) is 11.0. The van der Waals surface area contributed by atoms with E-state index in [1.165, 1.54) is 4.90 Å². The van der Waals surface area contributed by atoms with Crippen molar-refractivity contribution < 1.29 is 23.9 Å². The highest BCUT2D eigenvalue weighted by Gasteiger charge is 2.29. The van der Waals surface area contributed by atoms with E-state index in [-0.39, 0.29) is 24.3 Å². The first-order chi connectivity index (χ1) is 19.0. The van der Waals surface area contributed by atoms with Gasteiger partial charge in [0, 0.05) is 64.5 Å². The lowest BCUT2D eigenvalue weighted by Crippen LogP contribution is -2.44. The number of benzene rings is 1. The number of carbonyl (C=O) groups is 4. The summed E-state index contributed by atoms with van der Waals surface area (Å²) in [7, 11) is 4.97. The number of amides is 3. The van der Waals surface area contributed by atoms with E-state index < -0.39 is 11.6 Å². The molecule has 2 heterocycles. The third kappa shape index (κ3) is 7.55. The molecule has 0 aliphatic carbocycles. The molecule has 0 saturated carbocycles. The van der Waals surface area contributed by atoms with E-state index in [9.17, 15) is 19.2 Å². The average molecular weight is 553 g/mol. The quantitative estimate of drug-likeness (QED) is 0.445. The molecular weight excluding hydrogens is 512 g/mol. The molecule has 3 amide bonds. The number of rotatable bonds is 10. The predicted molar refractivity (Wildman–Crippen MR) is 153 cm³/mol. The van der Waals surface area contributed by atoms with E-state index in [1.807, 2.05) is 39.0 Å². The van der Waals surface area contributed by atoms with Gasteiger partial charge in [-0.3, -0.25) is 9.59 Å². The monoisotopic (exact) mass is 552 g/mol. The molecule has 11 heteroatoms. The smallest absolute Gasteiger partial charge is 0.410 e. The van der Waals surface area contributed by atoms with Gasteiger partial charge in [0.05, 0.1) is 11.4 Å². The third-order valence-electron chi connectivity index (χ3n) is 6.98. The summed E-state index contributed by atoms with van der Waals surface area (Å²) < 4.78 is 5.48. The van der Waals surface area contributed by atoms with Gasteiger partial charge in [-0.1, -0.05) is 6.07 Å². The number of ether oxygens (including phenoxy) is 1. The van der Waals surface area contributed by atoms with Crippen LogP contribution in [0.15, 0.2) is 30.6 Å². The predicted octanol–water partition coefficient (Wildman–Crippen LogP) is 3.38. The molecule has 1 aromatic carbocycles. The molecule has 1 aromatic heterocycles. The lowest BCUT2D eigenvalue weighted by molar-refractivity contribution is -0.122. The van der Waals surface area contributed by atoms with Gasteiger partial charge in [0.25, 0.3) is 0 Å². The molecule has 1 saturated heterocycles. The molecule has 0 radical (unpaired) electrons. The SMILES string of the molecule is CNC(=O)C(CCC=O)N(C)c1ccc(-c2cnc(C3CCN(C(=O)OC(C)(C)C)CC3)nc2)cc1N(C)C=O. The van der Waals surface area contributed by atoms with Gasteiger partial charge in [0.2, 0.25) is 12.3 Å². The third-order valence-corrected chi connectivity index (χ3v) is 6.98. The summed E-state index contributed by atoms with van der Waals surface area (Å²) in [5.41, 5.74) is 2.36. The Labute approximate surface area is 235 Å². The number of hydrogen-bond donors (Lipinski definition) is 1. The molecule has 1 aliphatic rings. The van der Waals surface area contributed by atoms with Crippen LogP contribution in [0.1, 0.15) is 58.2 Å². The van der Waals surface area contributed by atoms with E-state index >= 15 is 0 Å². The number of anilines is 2. The topological polar surface area (TPSA) is 125 Å². The van der Waals surface area contributed by atoms with E-state index in [0.717, 1.165) is 36.1 Å². The average Bonchev–Trinajstić information content (AvgIpc) is 2.95. The van der Waals surface area contributed by atoms with Crippen molar-refractivity contribution in [3.63, 3.8) is 0 Å². The number of piperidine rings is 1. The van der Waals surface area contributed by atoms with Crippen LogP contribution in [-0.4, -0.2) is 85.4 Å². The first-order valence-corrected chi connectivity index (χ1v) is 13.5. The normalized spacial score (nSPS) is 14.7. The van der Waals surface area contributed by atoms with Gasteiger partial charge in [0.15, 0.2) is 0 Å². The summed E-state index contributed by atoms with van der Waals surface area (Å²) >= 11 is 0. The van der Waals surface area contributed by atoms with Gasteiger partial charge < -0.3 is 29.5 Å². The largest absolute Gasteiger partial charge is 0.444 e. The van der Waals surface area contributed by atoms with Crippen molar-refractivity contribution >= 4 is 36.1 Å². The van der Waals surface area contributed by atoms with E-state index in [0.29, 0.717) is 37.3 Å². The molecule has 1 N–H and O–H groups in total. The lowest BCUT2D eigenvalue weighted by atomic mass is 9.96. The van der Waals surface area contributed by atoms with Crippen molar-refractivity contribution in [2.75, 3.05) is 44.0 Å². The van der Waals surface area contributed by atoms with Crippen LogP contribution < -0.4 is 15.1 Å². The fourth-order valence-electron chi connectivity index (χ4n) is 4.75. The van der Waals surface area contributed by atoms with Crippen molar-refractivity contribution in [2.45, 2.75) is 64.0 Å². The maximum absolute atomic E-state index is 12.5. The zero-order valence-electron chi connectivity index (χ0n) is 24.2. The van der Waals surface area contributed by atoms with Crippen LogP contribution in [-0.2, 0) is 19.1 Å². The van der Waals surface area contributed by atoms with Crippen LogP contribution in [0.3, 0.4) is 0 Å². The summed E-state index contributed by atoms with van der Waals surface area (Å²) in [4.78, 5) is 61.8. The highest BCUT2D eigenvalue weighted by Crippen LogP contribution is 2.35. The minimum Gasteiger partial charge on any atom is -0.444 e. The molecule has 3 rings (SSSR count). The molecule has 216 valence electrons. The van der Waals surface area contributed by atoms with Crippen LogP contribution >= 0.6 is 0 Å². The molecule has 1 unspecified atom stereocenters. The number of nitrogens with one attached hydrogen (secondary N) is 1. The van der Waals surface area contributed by atoms with Crippen LogP contribution in [0.25, 0.3) is 11.1 Å². The van der Waals surface area contributed by atoms with E-state index in [4.69, 9.17) is 4.74 Å². The Hall–Kier alpha value is -4.02. The molecule has 40 heavy (non-hydrogen) atoms. The second-order valence-electron chi connectivity index (χ2n) is 11.0. The standard InChI is InChI=1S/C29H40N6O5/c1-29(2,3)40-28(39)35-13-11-20(12-14-35)26-31-17-22(18-32-26)21-9-10-23(25(16-21)33(5)19-37)34(6)24(8-7-15-36)27(38)30-4/h9-10,15-20,24H,7-8,11-14H2,1-6H3,(H,30,38). The fourth-order valence-corrected chi connectivity index (χ4v) is 4.75. The van der Waals surface area contributed by atoms with Crippen molar-refractivity contribution in [3.05, 3.63) is 36.4 Å². The van der Waals surface area contributed by atoms with Crippen molar-refractivity contribution in [1.29, 1.82) is 0 Å². The number of likely N-dealkylation sites (N-methyl/N-ethyl adjacent to an activating group) is 2. The highest BCUT2D eigenvalue weighted by molar-refractivity contribution is 5.91. The van der Waals surface area contributed by atoms with Crippen molar-refractivity contribution in [2.24, 2.45) is 0 Å². The zero-order chi connectivity index (χ0) is 29.4. The Balaban J connectivity index is 1.78. The summed E-state index contributed by atoms with van der Waals surface area (Å²) in [5.74, 6) is 0.667. The first-order valence-electron chi connectivity index (χ1n) is 13.5. The Morgan fingerprint density at radius 1 is 1.10 bits per heavy atom. The molecule has 2 aromatic rings. The van der Waals surface area contributed by atoms with Gasteiger partial charge in [-0.15, -0.1) is 0 Å². The Morgan fingerprint density at radius 2 is 1.75 bits per heavy atom. The summed E-state index contributed by atoms with van der Waals surface area (Å²) in [6, 6.07) is 5.02. The Morgan fingerprint density at radius 3 is 2.30 bits per heavy atom. The van der Waals surface area contributed by atoms with Crippen LogP contribution in [0.4, 0.5) is 16.2 Å². The van der Waals surface area contributed by atoms with Crippen LogP contribution in [0, 0.1) is 0 Å². The first kappa shape index (κ1) is 30.5. The molecule has 1 atom stereocenters. The highest BCUT2D eigenvalue weighted by atomic mass is 16.6. The number of likely N-dealkylation sites (tertiary alicyclic amines) is 1. The van der Waals surface area contributed by atoms with Gasteiger partial charge >= 0.3 is 6.09 Å². The number of aldehydes is 1. The number of aromatic nitrogens is 2. The molecule has 1 aliphatic heterocycles. The molecule has 0 bridgehead atoms. The second kappa shape index (κ2) is 13.4. The molecule has 1 fully saturated rings. The van der Waals surface area contributed by atoms with Crippen molar-refractivity contribution in [3.8, 4) is 11.1 Å². The maximum atomic E-state index is 12.5. The van der Waals surface area contributed by atoms with Crippen LogP contribution in [0.2, 0.25) is 0 Å². The van der Waals surface area contributed by atoms with Gasteiger partial charge in [0.1, 0.15) is 23.8 Å². The molecule has 11 nitrogen and oxygen atoms in total. The molecular formula is C29H40N6O5. The van der Waals surface area contributed by atoms with Crippen LogP contribution in [0.5, 0.6) is 0 Å².